The van der Waals surface area contributed by atoms with Gasteiger partial charge in [-0.1, -0.05) is 0 Å². The third-order valence-corrected chi connectivity index (χ3v) is 4.31. The number of amides is 2. The van der Waals surface area contributed by atoms with Crippen molar-refractivity contribution in [1.29, 1.82) is 5.41 Å². The van der Waals surface area contributed by atoms with E-state index in [0.29, 0.717) is 31.0 Å². The third-order valence-electron chi connectivity index (χ3n) is 4.31. The van der Waals surface area contributed by atoms with Crippen LogP contribution in [-0.2, 0) is 9.53 Å². The molecule has 3 rings (SSSR count). The lowest BCUT2D eigenvalue weighted by atomic mass is 10.2. The van der Waals surface area contributed by atoms with Gasteiger partial charge in [0.15, 0.2) is 5.82 Å². The van der Waals surface area contributed by atoms with Gasteiger partial charge in [-0.25, -0.2) is 14.8 Å². The quantitative estimate of drug-likeness (QED) is 0.449. The molecule has 2 aromatic rings. The van der Waals surface area contributed by atoms with E-state index in [4.69, 9.17) is 11.1 Å². The van der Waals surface area contributed by atoms with Gasteiger partial charge in [-0.3, -0.25) is 15.1 Å². The van der Waals surface area contributed by atoms with Crippen LogP contribution in [0.1, 0.15) is 12.0 Å². The van der Waals surface area contributed by atoms with Gasteiger partial charge in [0.1, 0.15) is 5.84 Å². The van der Waals surface area contributed by atoms with Crippen molar-refractivity contribution in [2.45, 2.75) is 6.42 Å². The molecule has 9 heteroatoms. The molecular weight excluding hydrogens is 348 g/mol. The Hall–Kier alpha value is -3.49. The van der Waals surface area contributed by atoms with Gasteiger partial charge in [0.25, 0.3) is 0 Å². The van der Waals surface area contributed by atoms with Gasteiger partial charge in [-0.2, -0.15) is 0 Å². The topological polar surface area (TPSA) is 126 Å². The number of ether oxygens (including phenoxy) is 1. The summed E-state index contributed by atoms with van der Waals surface area (Å²) in [7, 11) is 1.33. The predicted octanol–water partition coefficient (Wildman–Crippen LogP) is 1.23. The Morgan fingerprint density at radius 3 is 2.48 bits per heavy atom. The molecule has 1 saturated heterocycles. The highest BCUT2D eigenvalue weighted by molar-refractivity contribution is 5.95. The van der Waals surface area contributed by atoms with E-state index in [9.17, 15) is 9.59 Å². The molecule has 3 N–H and O–H groups in total. The minimum absolute atomic E-state index is 0.0822. The average Bonchev–Trinajstić information content (AvgIpc) is 3.06. The molecular formula is C18H20N6O3. The summed E-state index contributed by atoms with van der Waals surface area (Å²) in [5.41, 5.74) is 7.42. The number of urea groups is 1. The second-order valence-corrected chi connectivity index (χ2v) is 6.00. The standard InChI is InChI=1S/C18H20N6O3/c1-27-15(25)6-7-23-8-9-24(18(23)26)14-4-2-12(3-5-14)17-21-10-13(11-22-17)16(19)20/h2-5,10-11H,6-9H2,1H3,(H3,19,20). The van der Waals surface area contributed by atoms with E-state index in [0.717, 1.165) is 11.3 Å². The van der Waals surface area contributed by atoms with Crippen LogP contribution in [-0.4, -0.2) is 59.4 Å². The number of nitrogens with one attached hydrogen (secondary N) is 1. The number of methoxy groups -OCH3 is 1. The molecule has 9 nitrogen and oxygen atoms in total. The summed E-state index contributed by atoms with van der Waals surface area (Å²) >= 11 is 0. The van der Waals surface area contributed by atoms with Crippen molar-refractivity contribution in [2.75, 3.05) is 31.6 Å². The number of amidine groups is 1. The summed E-state index contributed by atoms with van der Waals surface area (Å²) < 4.78 is 4.61. The van der Waals surface area contributed by atoms with E-state index in [2.05, 4.69) is 14.7 Å². The lowest BCUT2D eigenvalue weighted by molar-refractivity contribution is -0.140. The van der Waals surface area contributed by atoms with Gasteiger partial charge in [-0.05, 0) is 24.3 Å². The SMILES string of the molecule is COC(=O)CCN1CCN(c2ccc(-c3ncc(C(=N)N)cn3)cc2)C1=O. The Labute approximate surface area is 156 Å². The summed E-state index contributed by atoms with van der Waals surface area (Å²) in [4.78, 5) is 35.5. The number of benzene rings is 1. The predicted molar refractivity (Wildman–Crippen MR) is 99.4 cm³/mol. The van der Waals surface area contributed by atoms with Crippen LogP contribution in [0.5, 0.6) is 0 Å². The zero-order valence-corrected chi connectivity index (χ0v) is 14.9. The maximum atomic E-state index is 12.5. The molecule has 0 saturated carbocycles. The average molecular weight is 368 g/mol. The van der Waals surface area contributed by atoms with Gasteiger partial charge in [0.05, 0.1) is 19.1 Å². The fraction of sp³-hybridized carbons (Fsp3) is 0.278. The molecule has 0 aliphatic carbocycles. The summed E-state index contributed by atoms with van der Waals surface area (Å²) in [5.74, 6) is 0.0987. The van der Waals surface area contributed by atoms with Crippen molar-refractivity contribution in [3.05, 3.63) is 42.2 Å². The van der Waals surface area contributed by atoms with Gasteiger partial charge < -0.3 is 15.4 Å². The number of anilines is 1. The van der Waals surface area contributed by atoms with Gasteiger partial charge in [0, 0.05) is 43.3 Å². The second kappa shape index (κ2) is 7.81. The third kappa shape index (κ3) is 4.02. The molecule has 1 aliphatic heterocycles. The lowest BCUT2D eigenvalue weighted by Gasteiger charge is -2.18. The molecule has 0 spiro atoms. The fourth-order valence-corrected chi connectivity index (χ4v) is 2.76. The monoisotopic (exact) mass is 368 g/mol. The molecule has 2 amide bonds. The maximum Gasteiger partial charge on any atom is 0.324 e. The molecule has 1 aliphatic rings. The van der Waals surface area contributed by atoms with Crippen molar-refractivity contribution in [2.24, 2.45) is 5.73 Å². The number of nitrogens with two attached hydrogens (primary N) is 1. The first-order valence-electron chi connectivity index (χ1n) is 8.39. The fourth-order valence-electron chi connectivity index (χ4n) is 2.76. The Morgan fingerprint density at radius 1 is 1.22 bits per heavy atom. The smallest absolute Gasteiger partial charge is 0.324 e. The van der Waals surface area contributed by atoms with Crippen LogP contribution >= 0.6 is 0 Å². The number of esters is 1. The van der Waals surface area contributed by atoms with Crippen molar-refractivity contribution in [3.63, 3.8) is 0 Å². The first kappa shape index (κ1) is 18.3. The van der Waals surface area contributed by atoms with Crippen LogP contribution in [0.3, 0.4) is 0 Å². The molecule has 1 aromatic heterocycles. The van der Waals surface area contributed by atoms with Crippen LogP contribution in [0, 0.1) is 5.41 Å². The molecule has 140 valence electrons. The molecule has 1 aromatic carbocycles. The highest BCUT2D eigenvalue weighted by Gasteiger charge is 2.29. The molecule has 0 unspecified atom stereocenters. The number of rotatable bonds is 6. The number of carbonyl (C=O) groups is 2. The van der Waals surface area contributed by atoms with E-state index < -0.39 is 0 Å². The van der Waals surface area contributed by atoms with Crippen molar-refractivity contribution in [3.8, 4) is 11.4 Å². The molecule has 2 heterocycles. The van der Waals surface area contributed by atoms with E-state index in [-0.39, 0.29) is 24.3 Å². The lowest BCUT2D eigenvalue weighted by Crippen LogP contribution is -2.33. The number of nitrogens with zero attached hydrogens (tertiary/aromatic N) is 4. The van der Waals surface area contributed by atoms with Crippen LogP contribution in [0.4, 0.5) is 10.5 Å². The van der Waals surface area contributed by atoms with Crippen molar-refractivity contribution >= 4 is 23.5 Å². The zero-order valence-electron chi connectivity index (χ0n) is 14.9. The Bertz CT molecular complexity index is 850. The first-order valence-corrected chi connectivity index (χ1v) is 8.39. The van der Waals surface area contributed by atoms with Gasteiger partial charge in [0.2, 0.25) is 0 Å². The number of nitrogen functional groups attached to an aromatic ring is 1. The highest BCUT2D eigenvalue weighted by Crippen LogP contribution is 2.24. The highest BCUT2D eigenvalue weighted by atomic mass is 16.5. The molecule has 0 bridgehead atoms. The minimum atomic E-state index is -0.332. The van der Waals surface area contributed by atoms with Gasteiger partial charge >= 0.3 is 12.0 Å². The van der Waals surface area contributed by atoms with Crippen LogP contribution in [0.2, 0.25) is 0 Å². The number of hydrogen-bond donors (Lipinski definition) is 2. The summed E-state index contributed by atoms with van der Waals surface area (Å²) in [6.07, 6.45) is 3.19. The molecule has 27 heavy (non-hydrogen) atoms. The van der Waals surface area contributed by atoms with E-state index in [1.807, 2.05) is 24.3 Å². The molecule has 1 fully saturated rings. The molecule has 0 radical (unpaired) electrons. The normalized spacial score (nSPS) is 13.7. The summed E-state index contributed by atoms with van der Waals surface area (Å²) in [6, 6.07) is 7.21. The number of carbonyl (C=O) groups excluding carboxylic acids is 2. The van der Waals surface area contributed by atoms with E-state index >= 15 is 0 Å². The second-order valence-electron chi connectivity index (χ2n) is 6.00. The van der Waals surface area contributed by atoms with Crippen molar-refractivity contribution in [1.82, 2.24) is 14.9 Å². The Kier molecular flexibility index (Phi) is 5.30. The van der Waals surface area contributed by atoms with E-state index in [1.165, 1.54) is 19.5 Å². The summed E-state index contributed by atoms with van der Waals surface area (Å²) in [6.45, 7) is 1.47. The zero-order chi connectivity index (χ0) is 19.4. The van der Waals surface area contributed by atoms with E-state index in [1.54, 1.807) is 9.80 Å². The molecule has 0 atom stereocenters. The van der Waals surface area contributed by atoms with Crippen LogP contribution in [0.25, 0.3) is 11.4 Å². The summed E-state index contributed by atoms with van der Waals surface area (Å²) in [5, 5.41) is 7.36. The number of hydrogen-bond acceptors (Lipinski definition) is 6. The first-order chi connectivity index (χ1) is 13.0. The maximum absolute atomic E-state index is 12.5. The van der Waals surface area contributed by atoms with Crippen LogP contribution in [0.15, 0.2) is 36.7 Å². The van der Waals surface area contributed by atoms with Crippen LogP contribution < -0.4 is 10.6 Å². The largest absolute Gasteiger partial charge is 0.469 e. The van der Waals surface area contributed by atoms with Crippen molar-refractivity contribution < 1.29 is 14.3 Å². The van der Waals surface area contributed by atoms with Gasteiger partial charge in [-0.15, -0.1) is 0 Å². The minimum Gasteiger partial charge on any atom is -0.469 e. The number of aromatic nitrogens is 2. The Balaban J connectivity index is 1.67. The Morgan fingerprint density at radius 2 is 1.89 bits per heavy atom.